The number of aromatic nitrogens is 3. The lowest BCUT2D eigenvalue weighted by Crippen LogP contribution is -2.01. The van der Waals surface area contributed by atoms with Gasteiger partial charge in [0.15, 0.2) is 0 Å². The van der Waals surface area contributed by atoms with Gasteiger partial charge in [0.1, 0.15) is 11.4 Å². The molecule has 0 saturated heterocycles. The summed E-state index contributed by atoms with van der Waals surface area (Å²) in [5, 5.41) is 19.1. The van der Waals surface area contributed by atoms with Gasteiger partial charge in [-0.2, -0.15) is 0 Å². The first kappa shape index (κ1) is 14.4. The summed E-state index contributed by atoms with van der Waals surface area (Å²) in [5.41, 5.74) is 1.01. The predicted molar refractivity (Wildman–Crippen MR) is 76.5 cm³/mol. The minimum atomic E-state index is -0.468. The van der Waals surface area contributed by atoms with Gasteiger partial charge in [-0.1, -0.05) is 28.1 Å². The van der Waals surface area contributed by atoms with Crippen molar-refractivity contribution in [3.05, 3.63) is 40.2 Å². The van der Waals surface area contributed by atoms with E-state index >= 15 is 0 Å². The lowest BCUT2D eigenvalue weighted by molar-refractivity contribution is -0.384. The van der Waals surface area contributed by atoms with Crippen molar-refractivity contribution in [3.63, 3.8) is 0 Å². The molecule has 0 bridgehead atoms. The number of alkyl halides is 1. The van der Waals surface area contributed by atoms with E-state index < -0.39 is 4.92 Å². The number of rotatable bonds is 5. The minimum absolute atomic E-state index is 0.0774. The first-order valence-electron chi connectivity index (χ1n) is 5.96. The largest absolute Gasteiger partial charge is 0.496 e. The van der Waals surface area contributed by atoms with Crippen LogP contribution >= 0.6 is 15.9 Å². The summed E-state index contributed by atoms with van der Waals surface area (Å²) in [6, 6.07) is 4.60. The molecule has 0 aliphatic rings. The molecule has 7 nitrogen and oxygen atoms in total. The van der Waals surface area contributed by atoms with Gasteiger partial charge in [-0.15, -0.1) is 5.10 Å². The molecule has 1 aromatic heterocycles. The number of halogens is 1. The second-order valence-electron chi connectivity index (χ2n) is 4.08. The summed E-state index contributed by atoms with van der Waals surface area (Å²) in [6.07, 6.45) is 2.53. The van der Waals surface area contributed by atoms with Gasteiger partial charge in [-0.25, -0.2) is 4.68 Å². The molecule has 20 heavy (non-hydrogen) atoms. The van der Waals surface area contributed by atoms with E-state index in [-0.39, 0.29) is 10.5 Å². The monoisotopic (exact) mass is 340 g/mol. The number of nitro groups is 1. The molecular weight excluding hydrogens is 328 g/mol. The molecule has 0 amide bonds. The van der Waals surface area contributed by atoms with Gasteiger partial charge in [0.25, 0.3) is 5.69 Å². The molecule has 1 unspecified atom stereocenters. The smallest absolute Gasteiger partial charge is 0.298 e. The Morgan fingerprint density at radius 3 is 2.90 bits per heavy atom. The Morgan fingerprint density at radius 2 is 2.30 bits per heavy atom. The maximum atomic E-state index is 11.1. The Labute approximate surface area is 123 Å². The fourth-order valence-electron chi connectivity index (χ4n) is 1.72. The van der Waals surface area contributed by atoms with Crippen LogP contribution in [0, 0.1) is 10.1 Å². The second-order valence-corrected chi connectivity index (χ2v) is 5.18. The molecule has 106 valence electrons. The predicted octanol–water partition coefficient (Wildman–Crippen LogP) is 3.03. The molecule has 2 rings (SSSR count). The van der Waals surface area contributed by atoms with E-state index in [9.17, 15) is 10.1 Å². The molecule has 8 heteroatoms. The summed E-state index contributed by atoms with van der Waals surface area (Å²) >= 11 is 3.47. The normalized spacial score (nSPS) is 12.2. The van der Waals surface area contributed by atoms with Crippen LogP contribution in [-0.2, 0) is 0 Å². The molecule has 0 radical (unpaired) electrons. The van der Waals surface area contributed by atoms with Gasteiger partial charge in [0.2, 0.25) is 0 Å². The first-order chi connectivity index (χ1) is 9.56. The number of hydrogen-bond donors (Lipinski definition) is 0. The van der Waals surface area contributed by atoms with Crippen LogP contribution in [0.5, 0.6) is 5.75 Å². The van der Waals surface area contributed by atoms with Gasteiger partial charge in [-0.3, -0.25) is 10.1 Å². The minimum Gasteiger partial charge on any atom is -0.496 e. The van der Waals surface area contributed by atoms with Crippen LogP contribution in [-0.4, -0.2) is 27.0 Å². The highest BCUT2D eigenvalue weighted by Crippen LogP contribution is 2.29. The van der Waals surface area contributed by atoms with E-state index in [4.69, 9.17) is 4.74 Å². The quantitative estimate of drug-likeness (QED) is 0.474. The van der Waals surface area contributed by atoms with Crippen LogP contribution in [0.2, 0.25) is 0 Å². The van der Waals surface area contributed by atoms with Gasteiger partial charge in [0, 0.05) is 0 Å². The SMILES string of the molecule is CCC(Br)c1cn(-c2ccc(OC)cc2[N+](=O)[O-])nn1. The van der Waals surface area contributed by atoms with Crippen molar-refractivity contribution in [1.29, 1.82) is 0 Å². The van der Waals surface area contributed by atoms with E-state index in [1.165, 1.54) is 17.9 Å². The number of nitro benzene ring substituents is 1. The molecule has 0 saturated carbocycles. The van der Waals surface area contributed by atoms with Crippen LogP contribution in [0.1, 0.15) is 23.9 Å². The maximum absolute atomic E-state index is 11.1. The average Bonchev–Trinajstić information content (AvgIpc) is 2.95. The van der Waals surface area contributed by atoms with Crippen LogP contribution in [0.4, 0.5) is 5.69 Å². The van der Waals surface area contributed by atoms with E-state index in [1.54, 1.807) is 18.3 Å². The Kier molecular flexibility index (Phi) is 4.33. The second kappa shape index (κ2) is 6.00. The highest BCUT2D eigenvalue weighted by atomic mass is 79.9. The number of ether oxygens (including phenoxy) is 1. The molecule has 0 aliphatic heterocycles. The fourth-order valence-corrected chi connectivity index (χ4v) is 1.93. The van der Waals surface area contributed by atoms with Gasteiger partial charge >= 0.3 is 0 Å². The number of nitrogens with zero attached hydrogens (tertiary/aromatic N) is 4. The maximum Gasteiger partial charge on any atom is 0.298 e. The molecular formula is C12H13BrN4O3. The molecule has 0 fully saturated rings. The highest BCUT2D eigenvalue weighted by Gasteiger charge is 2.19. The zero-order valence-corrected chi connectivity index (χ0v) is 12.6. The van der Waals surface area contributed by atoms with Gasteiger partial charge < -0.3 is 4.74 Å². The van der Waals surface area contributed by atoms with Crippen molar-refractivity contribution in [1.82, 2.24) is 15.0 Å². The lowest BCUT2D eigenvalue weighted by Gasteiger charge is -2.04. The topological polar surface area (TPSA) is 83.1 Å². The molecule has 0 N–H and O–H groups in total. The van der Waals surface area contributed by atoms with Crippen molar-refractivity contribution < 1.29 is 9.66 Å². The molecule has 2 aromatic rings. The fraction of sp³-hybridized carbons (Fsp3) is 0.333. The van der Waals surface area contributed by atoms with E-state index in [0.717, 1.165) is 12.1 Å². The van der Waals surface area contributed by atoms with Crippen molar-refractivity contribution in [2.45, 2.75) is 18.2 Å². The zero-order chi connectivity index (χ0) is 14.7. The number of methoxy groups -OCH3 is 1. The van der Waals surface area contributed by atoms with Crippen LogP contribution in [0.25, 0.3) is 5.69 Å². The third-order valence-electron chi connectivity index (χ3n) is 2.82. The van der Waals surface area contributed by atoms with Crippen LogP contribution in [0.15, 0.2) is 24.4 Å². The summed E-state index contributed by atoms with van der Waals surface area (Å²) in [4.78, 5) is 10.7. The Balaban J connectivity index is 2.46. The molecule has 1 heterocycles. The highest BCUT2D eigenvalue weighted by molar-refractivity contribution is 9.09. The number of benzene rings is 1. The third kappa shape index (κ3) is 2.79. The molecule has 0 aliphatic carbocycles. The average molecular weight is 341 g/mol. The van der Waals surface area contributed by atoms with Gasteiger partial charge in [0.05, 0.1) is 34.8 Å². The third-order valence-corrected chi connectivity index (χ3v) is 3.93. The summed E-state index contributed by atoms with van der Waals surface area (Å²) in [6.45, 7) is 2.01. The first-order valence-corrected chi connectivity index (χ1v) is 6.87. The Morgan fingerprint density at radius 1 is 1.55 bits per heavy atom. The summed E-state index contributed by atoms with van der Waals surface area (Å²) in [5.74, 6) is 0.424. The van der Waals surface area contributed by atoms with E-state index in [2.05, 4.69) is 26.2 Å². The van der Waals surface area contributed by atoms with Crippen LogP contribution in [0.3, 0.4) is 0 Å². The zero-order valence-electron chi connectivity index (χ0n) is 11.0. The molecule has 0 spiro atoms. The van der Waals surface area contributed by atoms with Crippen molar-refractivity contribution in [2.24, 2.45) is 0 Å². The summed E-state index contributed by atoms with van der Waals surface area (Å²) in [7, 11) is 1.46. The lowest BCUT2D eigenvalue weighted by atomic mass is 10.2. The van der Waals surface area contributed by atoms with Crippen molar-refractivity contribution >= 4 is 21.6 Å². The van der Waals surface area contributed by atoms with Crippen molar-refractivity contribution in [3.8, 4) is 11.4 Å². The van der Waals surface area contributed by atoms with Crippen molar-refractivity contribution in [2.75, 3.05) is 7.11 Å². The van der Waals surface area contributed by atoms with E-state index in [0.29, 0.717) is 11.4 Å². The number of hydrogen-bond acceptors (Lipinski definition) is 5. The van der Waals surface area contributed by atoms with Crippen LogP contribution < -0.4 is 4.74 Å². The Bertz CT molecular complexity index is 629. The standard InChI is InChI=1S/C12H13BrN4O3/c1-3-9(13)10-7-16(15-14-10)11-5-4-8(20-2)6-12(11)17(18)19/h4-7,9H,3H2,1-2H3. The molecule has 1 aromatic carbocycles. The van der Waals surface area contributed by atoms with E-state index in [1.807, 2.05) is 6.92 Å². The summed E-state index contributed by atoms with van der Waals surface area (Å²) < 4.78 is 6.40. The Hall–Kier alpha value is -1.96. The van der Waals surface area contributed by atoms with Gasteiger partial charge in [-0.05, 0) is 18.6 Å². The molecule has 1 atom stereocenters.